The lowest BCUT2D eigenvalue weighted by Gasteiger charge is -2.32. The SMILES string of the molecule is O=C(Nc1ccc(C(=O)N2CCCC(C(=O)NCCCN3CCOCC3)C2)cc1)c1ccccc1. The molecule has 2 aliphatic rings. The van der Waals surface area contributed by atoms with E-state index in [-0.39, 0.29) is 23.6 Å². The Morgan fingerprint density at radius 2 is 1.66 bits per heavy atom. The molecule has 0 saturated carbocycles. The number of amides is 3. The molecular weight excluding hydrogens is 444 g/mol. The first-order chi connectivity index (χ1) is 17.1. The van der Waals surface area contributed by atoms with Crippen molar-refractivity contribution in [2.24, 2.45) is 5.92 Å². The smallest absolute Gasteiger partial charge is 0.255 e. The van der Waals surface area contributed by atoms with E-state index in [1.54, 1.807) is 41.3 Å². The van der Waals surface area contributed by atoms with Crippen LogP contribution < -0.4 is 10.6 Å². The predicted octanol–water partition coefficient (Wildman–Crippen LogP) is 2.63. The van der Waals surface area contributed by atoms with E-state index in [2.05, 4.69) is 15.5 Å². The number of hydrogen-bond donors (Lipinski definition) is 2. The molecule has 0 spiro atoms. The minimum absolute atomic E-state index is 0.0310. The number of carbonyl (C=O) groups is 3. The lowest BCUT2D eigenvalue weighted by Crippen LogP contribution is -2.46. The van der Waals surface area contributed by atoms with Gasteiger partial charge in [-0.05, 0) is 62.2 Å². The number of anilines is 1. The molecule has 2 N–H and O–H groups in total. The third-order valence-electron chi connectivity index (χ3n) is 6.56. The molecule has 2 fully saturated rings. The molecule has 2 saturated heterocycles. The molecule has 1 unspecified atom stereocenters. The molecule has 0 aromatic heterocycles. The van der Waals surface area contributed by atoms with Crippen molar-refractivity contribution >= 4 is 23.4 Å². The van der Waals surface area contributed by atoms with Gasteiger partial charge >= 0.3 is 0 Å². The van der Waals surface area contributed by atoms with Gasteiger partial charge in [0, 0.05) is 49.5 Å². The van der Waals surface area contributed by atoms with Gasteiger partial charge in [0.2, 0.25) is 5.91 Å². The fraction of sp³-hybridized carbons (Fsp3) is 0.444. The van der Waals surface area contributed by atoms with Crippen molar-refractivity contribution in [2.45, 2.75) is 19.3 Å². The van der Waals surface area contributed by atoms with Crippen molar-refractivity contribution in [2.75, 3.05) is 57.8 Å². The lowest BCUT2D eigenvalue weighted by molar-refractivity contribution is -0.126. The number of carbonyl (C=O) groups excluding carboxylic acids is 3. The molecule has 8 nitrogen and oxygen atoms in total. The van der Waals surface area contributed by atoms with E-state index in [1.807, 2.05) is 18.2 Å². The molecule has 2 aliphatic heterocycles. The maximum absolute atomic E-state index is 13.0. The van der Waals surface area contributed by atoms with Crippen molar-refractivity contribution in [1.82, 2.24) is 15.1 Å². The van der Waals surface area contributed by atoms with Gasteiger partial charge in [-0.25, -0.2) is 0 Å². The van der Waals surface area contributed by atoms with Gasteiger partial charge in [0.15, 0.2) is 0 Å². The Morgan fingerprint density at radius 3 is 2.40 bits per heavy atom. The van der Waals surface area contributed by atoms with Crippen molar-refractivity contribution < 1.29 is 19.1 Å². The Bertz CT molecular complexity index is 990. The summed E-state index contributed by atoms with van der Waals surface area (Å²) in [5, 5.41) is 5.90. The number of likely N-dealkylation sites (tertiary alicyclic amines) is 1. The Kier molecular flexibility index (Phi) is 8.86. The van der Waals surface area contributed by atoms with Crippen LogP contribution in [0.5, 0.6) is 0 Å². The van der Waals surface area contributed by atoms with Crippen LogP contribution in [-0.2, 0) is 9.53 Å². The van der Waals surface area contributed by atoms with Crippen LogP contribution in [0.4, 0.5) is 5.69 Å². The van der Waals surface area contributed by atoms with Crippen LogP contribution >= 0.6 is 0 Å². The zero-order valence-electron chi connectivity index (χ0n) is 20.1. The van der Waals surface area contributed by atoms with Crippen molar-refractivity contribution in [3.05, 3.63) is 65.7 Å². The molecule has 8 heteroatoms. The van der Waals surface area contributed by atoms with Gasteiger partial charge in [0.1, 0.15) is 0 Å². The van der Waals surface area contributed by atoms with Gasteiger partial charge in [-0.2, -0.15) is 0 Å². The second-order valence-corrected chi connectivity index (χ2v) is 9.09. The Morgan fingerprint density at radius 1 is 0.914 bits per heavy atom. The number of piperidine rings is 1. The molecule has 0 radical (unpaired) electrons. The number of benzene rings is 2. The lowest BCUT2D eigenvalue weighted by atomic mass is 9.96. The van der Waals surface area contributed by atoms with Crippen LogP contribution in [0.25, 0.3) is 0 Å². The average molecular weight is 479 g/mol. The summed E-state index contributed by atoms with van der Waals surface area (Å²) >= 11 is 0. The summed E-state index contributed by atoms with van der Waals surface area (Å²) in [5.74, 6) is -0.431. The number of ether oxygens (including phenoxy) is 1. The molecule has 4 rings (SSSR count). The van der Waals surface area contributed by atoms with Gasteiger partial charge < -0.3 is 20.3 Å². The minimum atomic E-state index is -0.195. The van der Waals surface area contributed by atoms with Crippen LogP contribution in [0.15, 0.2) is 54.6 Å². The molecular formula is C27H34N4O4. The zero-order chi connectivity index (χ0) is 24.5. The summed E-state index contributed by atoms with van der Waals surface area (Å²) in [4.78, 5) is 42.2. The number of hydrogen-bond acceptors (Lipinski definition) is 5. The predicted molar refractivity (Wildman–Crippen MR) is 134 cm³/mol. The highest BCUT2D eigenvalue weighted by molar-refractivity contribution is 6.04. The molecule has 186 valence electrons. The number of nitrogens with one attached hydrogen (secondary N) is 2. The molecule has 0 bridgehead atoms. The summed E-state index contributed by atoms with van der Waals surface area (Å²) < 4.78 is 5.36. The van der Waals surface area contributed by atoms with E-state index in [0.29, 0.717) is 36.4 Å². The Labute approximate surface area is 206 Å². The fourth-order valence-corrected chi connectivity index (χ4v) is 4.53. The number of nitrogens with zero attached hydrogens (tertiary/aromatic N) is 2. The number of rotatable bonds is 8. The first-order valence-electron chi connectivity index (χ1n) is 12.4. The summed E-state index contributed by atoms with van der Waals surface area (Å²) in [7, 11) is 0. The fourth-order valence-electron chi connectivity index (χ4n) is 4.53. The van der Waals surface area contributed by atoms with E-state index >= 15 is 0 Å². The topological polar surface area (TPSA) is 91.0 Å². The second-order valence-electron chi connectivity index (χ2n) is 9.09. The monoisotopic (exact) mass is 478 g/mol. The third kappa shape index (κ3) is 7.13. The quantitative estimate of drug-likeness (QED) is 0.570. The van der Waals surface area contributed by atoms with Gasteiger partial charge in [-0.1, -0.05) is 18.2 Å². The molecule has 3 amide bonds. The second kappa shape index (κ2) is 12.5. The van der Waals surface area contributed by atoms with Crippen molar-refractivity contribution in [3.63, 3.8) is 0 Å². The molecule has 1 atom stereocenters. The van der Waals surface area contributed by atoms with Crippen molar-refractivity contribution in [3.8, 4) is 0 Å². The van der Waals surface area contributed by atoms with E-state index in [9.17, 15) is 14.4 Å². The van der Waals surface area contributed by atoms with Crippen LogP contribution in [0, 0.1) is 5.92 Å². The van der Waals surface area contributed by atoms with E-state index in [4.69, 9.17) is 4.74 Å². The molecule has 2 heterocycles. The third-order valence-corrected chi connectivity index (χ3v) is 6.56. The minimum Gasteiger partial charge on any atom is -0.379 e. The molecule has 0 aliphatic carbocycles. The first kappa shape index (κ1) is 24.9. The average Bonchev–Trinajstić information content (AvgIpc) is 2.92. The van der Waals surface area contributed by atoms with Gasteiger partial charge in [-0.15, -0.1) is 0 Å². The normalized spacial score (nSPS) is 18.6. The van der Waals surface area contributed by atoms with Gasteiger partial charge in [0.05, 0.1) is 19.1 Å². The standard InChI is InChI=1S/C27H34N4O4/c32-25(28-13-5-14-30-16-18-35-19-17-30)23-8-4-15-31(20-23)27(34)22-9-11-24(12-10-22)29-26(33)21-6-2-1-3-7-21/h1-3,6-7,9-12,23H,4-5,8,13-20H2,(H,28,32)(H,29,33). The highest BCUT2D eigenvalue weighted by Crippen LogP contribution is 2.20. The maximum atomic E-state index is 13.0. The molecule has 2 aromatic rings. The highest BCUT2D eigenvalue weighted by Gasteiger charge is 2.28. The molecule has 2 aromatic carbocycles. The van der Waals surface area contributed by atoms with Gasteiger partial charge in [0.25, 0.3) is 11.8 Å². The summed E-state index contributed by atoms with van der Waals surface area (Å²) in [5.41, 5.74) is 1.75. The van der Waals surface area contributed by atoms with Crippen LogP contribution in [0.2, 0.25) is 0 Å². The largest absolute Gasteiger partial charge is 0.379 e. The first-order valence-corrected chi connectivity index (χ1v) is 12.4. The highest BCUT2D eigenvalue weighted by atomic mass is 16.5. The summed E-state index contributed by atoms with van der Waals surface area (Å²) in [6.07, 6.45) is 2.51. The van der Waals surface area contributed by atoms with Crippen LogP contribution in [0.1, 0.15) is 40.0 Å². The van der Waals surface area contributed by atoms with Crippen LogP contribution in [0.3, 0.4) is 0 Å². The zero-order valence-corrected chi connectivity index (χ0v) is 20.1. The van der Waals surface area contributed by atoms with E-state index in [0.717, 1.165) is 52.1 Å². The summed E-state index contributed by atoms with van der Waals surface area (Å²) in [6, 6.07) is 15.9. The van der Waals surface area contributed by atoms with E-state index in [1.165, 1.54) is 0 Å². The molecule has 35 heavy (non-hydrogen) atoms. The number of morpholine rings is 1. The Hall–Kier alpha value is -3.23. The summed E-state index contributed by atoms with van der Waals surface area (Å²) in [6.45, 7) is 6.15. The van der Waals surface area contributed by atoms with Crippen LogP contribution in [-0.4, -0.2) is 80.0 Å². The van der Waals surface area contributed by atoms with E-state index < -0.39 is 0 Å². The van der Waals surface area contributed by atoms with Gasteiger partial charge in [-0.3, -0.25) is 19.3 Å². The maximum Gasteiger partial charge on any atom is 0.255 e. The Balaban J connectivity index is 1.23. The van der Waals surface area contributed by atoms with Crippen molar-refractivity contribution in [1.29, 1.82) is 0 Å².